The molecule has 3 heterocycles. The number of halogens is 1. The second-order valence-corrected chi connectivity index (χ2v) is 8.81. The standard InChI is InChI=1S/C24H20ClN5S/c1-16-5-11-21(12-6-16)30-23(18-7-9-19(25)10-8-18)27-28-24(30)31-15-20-14-29-13-3-4-17(2)22(29)26-20/h3-14H,15H2,1-2H3. The second kappa shape index (κ2) is 8.21. The summed E-state index contributed by atoms with van der Waals surface area (Å²) < 4.78 is 4.16. The first-order valence-corrected chi connectivity index (χ1v) is 11.3. The maximum absolute atomic E-state index is 6.08. The Morgan fingerprint density at radius 1 is 0.935 bits per heavy atom. The molecule has 3 aromatic heterocycles. The van der Waals surface area contributed by atoms with Gasteiger partial charge in [-0.2, -0.15) is 0 Å². The maximum Gasteiger partial charge on any atom is 0.196 e. The van der Waals surface area contributed by atoms with Crippen molar-refractivity contribution in [2.45, 2.75) is 24.8 Å². The Kier molecular flexibility index (Phi) is 5.26. The summed E-state index contributed by atoms with van der Waals surface area (Å²) in [6.45, 7) is 4.16. The molecule has 0 saturated heterocycles. The lowest BCUT2D eigenvalue weighted by atomic mass is 10.2. The first kappa shape index (κ1) is 19.8. The Morgan fingerprint density at radius 2 is 1.71 bits per heavy atom. The molecule has 0 saturated carbocycles. The van der Waals surface area contributed by atoms with Crippen molar-refractivity contribution in [1.29, 1.82) is 0 Å². The average Bonchev–Trinajstić information content (AvgIpc) is 3.38. The molecule has 2 aromatic carbocycles. The average molecular weight is 446 g/mol. The third-order valence-electron chi connectivity index (χ3n) is 5.10. The van der Waals surface area contributed by atoms with Crippen LogP contribution in [0.3, 0.4) is 0 Å². The third kappa shape index (κ3) is 3.96. The van der Waals surface area contributed by atoms with E-state index in [4.69, 9.17) is 16.6 Å². The van der Waals surface area contributed by atoms with Gasteiger partial charge < -0.3 is 4.40 Å². The minimum absolute atomic E-state index is 0.696. The van der Waals surface area contributed by atoms with Gasteiger partial charge in [0.1, 0.15) is 5.65 Å². The molecule has 0 bridgehead atoms. The number of imidazole rings is 1. The van der Waals surface area contributed by atoms with Crippen LogP contribution in [0.4, 0.5) is 0 Å². The topological polar surface area (TPSA) is 48.0 Å². The summed E-state index contributed by atoms with van der Waals surface area (Å²) in [4.78, 5) is 4.79. The second-order valence-electron chi connectivity index (χ2n) is 7.43. The van der Waals surface area contributed by atoms with E-state index in [0.29, 0.717) is 10.8 Å². The van der Waals surface area contributed by atoms with Crippen LogP contribution in [0.15, 0.2) is 78.2 Å². The van der Waals surface area contributed by atoms with Crippen LogP contribution in [0.25, 0.3) is 22.7 Å². The first-order valence-electron chi connectivity index (χ1n) is 9.93. The molecular weight excluding hydrogens is 426 g/mol. The first-order chi connectivity index (χ1) is 15.1. The molecule has 0 atom stereocenters. The Morgan fingerprint density at radius 3 is 2.45 bits per heavy atom. The van der Waals surface area contributed by atoms with Crippen LogP contribution in [-0.2, 0) is 5.75 Å². The largest absolute Gasteiger partial charge is 0.307 e. The molecule has 5 rings (SSSR count). The van der Waals surface area contributed by atoms with Gasteiger partial charge in [0.15, 0.2) is 11.0 Å². The summed E-state index contributed by atoms with van der Waals surface area (Å²) in [5.41, 5.74) is 6.35. The van der Waals surface area contributed by atoms with Gasteiger partial charge in [-0.15, -0.1) is 10.2 Å². The summed E-state index contributed by atoms with van der Waals surface area (Å²) in [6.07, 6.45) is 4.10. The summed E-state index contributed by atoms with van der Waals surface area (Å²) in [7, 11) is 0. The van der Waals surface area contributed by atoms with Crippen molar-refractivity contribution in [3.8, 4) is 17.1 Å². The van der Waals surface area contributed by atoms with Crippen LogP contribution < -0.4 is 0 Å². The van der Waals surface area contributed by atoms with Gasteiger partial charge in [-0.05, 0) is 61.9 Å². The number of aryl methyl sites for hydroxylation is 2. The van der Waals surface area contributed by atoms with E-state index in [0.717, 1.165) is 39.1 Å². The summed E-state index contributed by atoms with van der Waals surface area (Å²) in [5, 5.41) is 10.5. The van der Waals surface area contributed by atoms with Crippen LogP contribution in [0, 0.1) is 13.8 Å². The molecule has 0 fully saturated rings. The van der Waals surface area contributed by atoms with Gasteiger partial charge in [-0.3, -0.25) is 4.57 Å². The van der Waals surface area contributed by atoms with E-state index in [1.165, 1.54) is 5.56 Å². The number of nitrogens with zero attached hydrogens (tertiary/aromatic N) is 5. The van der Waals surface area contributed by atoms with Gasteiger partial charge in [0.2, 0.25) is 0 Å². The molecule has 0 radical (unpaired) electrons. The lowest BCUT2D eigenvalue weighted by Gasteiger charge is -2.10. The molecular formula is C24H20ClN5S. The zero-order valence-corrected chi connectivity index (χ0v) is 18.7. The lowest BCUT2D eigenvalue weighted by molar-refractivity contribution is 0.885. The molecule has 0 aliphatic rings. The van der Waals surface area contributed by atoms with E-state index >= 15 is 0 Å². The van der Waals surface area contributed by atoms with Gasteiger partial charge in [0.05, 0.1) is 5.69 Å². The monoisotopic (exact) mass is 445 g/mol. The number of hydrogen-bond acceptors (Lipinski definition) is 4. The van der Waals surface area contributed by atoms with E-state index < -0.39 is 0 Å². The normalized spacial score (nSPS) is 11.3. The van der Waals surface area contributed by atoms with Crippen LogP contribution in [-0.4, -0.2) is 24.1 Å². The van der Waals surface area contributed by atoms with Crippen LogP contribution in [0.5, 0.6) is 0 Å². The number of benzene rings is 2. The van der Waals surface area contributed by atoms with Gasteiger partial charge in [0, 0.05) is 34.4 Å². The molecule has 5 nitrogen and oxygen atoms in total. The Hall–Kier alpha value is -3.09. The van der Waals surface area contributed by atoms with E-state index in [1.54, 1.807) is 11.8 Å². The van der Waals surface area contributed by atoms with Crippen molar-refractivity contribution in [3.63, 3.8) is 0 Å². The summed E-state index contributed by atoms with van der Waals surface area (Å²) in [5.74, 6) is 1.49. The molecule has 0 aliphatic carbocycles. The highest BCUT2D eigenvalue weighted by molar-refractivity contribution is 7.98. The van der Waals surface area contributed by atoms with Gasteiger partial charge in [-0.25, -0.2) is 4.98 Å². The Bertz CT molecular complexity index is 1350. The van der Waals surface area contributed by atoms with Crippen molar-refractivity contribution in [2.24, 2.45) is 0 Å². The fourth-order valence-electron chi connectivity index (χ4n) is 3.49. The van der Waals surface area contributed by atoms with E-state index in [1.807, 2.05) is 36.5 Å². The van der Waals surface area contributed by atoms with Crippen LogP contribution >= 0.6 is 23.4 Å². The maximum atomic E-state index is 6.08. The number of rotatable bonds is 5. The smallest absolute Gasteiger partial charge is 0.196 e. The molecule has 0 N–H and O–H groups in total. The molecule has 31 heavy (non-hydrogen) atoms. The predicted octanol–water partition coefficient (Wildman–Crippen LogP) is 6.14. The number of hydrogen-bond donors (Lipinski definition) is 0. The fraction of sp³-hybridized carbons (Fsp3) is 0.125. The number of aromatic nitrogens is 5. The molecule has 0 unspecified atom stereocenters. The quantitative estimate of drug-likeness (QED) is 0.304. The van der Waals surface area contributed by atoms with Crippen molar-refractivity contribution in [2.75, 3.05) is 0 Å². The number of thioether (sulfide) groups is 1. The van der Waals surface area contributed by atoms with Gasteiger partial charge in [0.25, 0.3) is 0 Å². The van der Waals surface area contributed by atoms with Gasteiger partial charge >= 0.3 is 0 Å². The highest BCUT2D eigenvalue weighted by Gasteiger charge is 2.17. The minimum Gasteiger partial charge on any atom is -0.307 e. The molecule has 0 aliphatic heterocycles. The molecule has 0 spiro atoms. The fourth-order valence-corrected chi connectivity index (χ4v) is 4.45. The third-order valence-corrected chi connectivity index (χ3v) is 6.32. The summed E-state index contributed by atoms with van der Waals surface area (Å²) >= 11 is 7.71. The van der Waals surface area contributed by atoms with Crippen molar-refractivity contribution >= 4 is 29.0 Å². The zero-order chi connectivity index (χ0) is 21.4. The molecule has 0 amide bonds. The minimum atomic E-state index is 0.696. The highest BCUT2D eigenvalue weighted by atomic mass is 35.5. The van der Waals surface area contributed by atoms with E-state index in [2.05, 4.69) is 69.5 Å². The van der Waals surface area contributed by atoms with Crippen molar-refractivity contribution < 1.29 is 0 Å². The predicted molar refractivity (Wildman–Crippen MR) is 126 cm³/mol. The van der Waals surface area contributed by atoms with Crippen LogP contribution in [0.2, 0.25) is 5.02 Å². The van der Waals surface area contributed by atoms with E-state index in [-0.39, 0.29) is 0 Å². The van der Waals surface area contributed by atoms with Crippen molar-refractivity contribution in [3.05, 3.63) is 94.9 Å². The molecule has 154 valence electrons. The number of pyridine rings is 1. The number of fused-ring (bicyclic) bond motifs is 1. The Labute approximate surface area is 189 Å². The SMILES string of the molecule is Cc1ccc(-n2c(SCc3cn4cccc(C)c4n3)nnc2-c2ccc(Cl)cc2)cc1. The highest BCUT2D eigenvalue weighted by Crippen LogP contribution is 2.30. The zero-order valence-electron chi connectivity index (χ0n) is 17.2. The molecule has 5 aromatic rings. The van der Waals surface area contributed by atoms with Gasteiger partial charge in [-0.1, -0.05) is 47.1 Å². The van der Waals surface area contributed by atoms with Crippen molar-refractivity contribution in [1.82, 2.24) is 24.1 Å². The van der Waals surface area contributed by atoms with E-state index in [9.17, 15) is 0 Å². The lowest BCUT2D eigenvalue weighted by Crippen LogP contribution is -2.00. The Balaban J connectivity index is 1.52. The van der Waals surface area contributed by atoms with Crippen LogP contribution in [0.1, 0.15) is 16.8 Å². The summed E-state index contributed by atoms with van der Waals surface area (Å²) in [6, 6.07) is 20.2. The molecule has 7 heteroatoms.